The van der Waals surface area contributed by atoms with E-state index in [0.29, 0.717) is 24.7 Å². The van der Waals surface area contributed by atoms with Gasteiger partial charge in [0.2, 0.25) is 0 Å². The number of hydrogen-bond donors (Lipinski definition) is 2. The zero-order chi connectivity index (χ0) is 16.3. The first kappa shape index (κ1) is 17.0. The van der Waals surface area contributed by atoms with Crippen molar-refractivity contribution in [3.8, 4) is 0 Å². The van der Waals surface area contributed by atoms with Crippen molar-refractivity contribution in [2.24, 2.45) is 5.41 Å². The lowest BCUT2D eigenvalue weighted by Gasteiger charge is -2.43. The molecule has 2 rings (SSSR count). The van der Waals surface area contributed by atoms with Gasteiger partial charge in [0.15, 0.2) is 0 Å². The number of nitrogens with zero attached hydrogens (tertiary/aromatic N) is 2. The van der Waals surface area contributed by atoms with Crippen molar-refractivity contribution >= 4 is 17.5 Å². The van der Waals surface area contributed by atoms with Crippen molar-refractivity contribution in [1.82, 2.24) is 14.8 Å². The fraction of sp³-hybridized carbons (Fsp3) is 0.600. The van der Waals surface area contributed by atoms with E-state index in [1.54, 1.807) is 4.90 Å². The molecule has 1 fully saturated rings. The fourth-order valence-electron chi connectivity index (χ4n) is 3.15. The van der Waals surface area contributed by atoms with Gasteiger partial charge in [-0.15, -0.1) is 0 Å². The Balaban J connectivity index is 2.23. The number of rotatable bonds is 4. The molecular formula is C15H22ClN3O3. The average Bonchev–Trinajstić information content (AvgIpc) is 2.48. The number of aromatic amines is 1. The molecule has 0 spiro atoms. The van der Waals surface area contributed by atoms with Gasteiger partial charge >= 0.3 is 0 Å². The highest BCUT2D eigenvalue weighted by Crippen LogP contribution is 2.30. The zero-order valence-corrected chi connectivity index (χ0v) is 13.7. The van der Waals surface area contributed by atoms with E-state index in [9.17, 15) is 14.7 Å². The minimum Gasteiger partial charge on any atom is -0.396 e. The first-order chi connectivity index (χ1) is 10.4. The van der Waals surface area contributed by atoms with Crippen LogP contribution in [0.25, 0.3) is 0 Å². The van der Waals surface area contributed by atoms with Crippen LogP contribution in [-0.2, 0) is 0 Å². The number of hydrogen-bond acceptors (Lipinski definition) is 4. The van der Waals surface area contributed by atoms with Gasteiger partial charge < -0.3 is 19.9 Å². The largest absolute Gasteiger partial charge is 0.396 e. The summed E-state index contributed by atoms with van der Waals surface area (Å²) in [5, 5.41) is 10.1. The van der Waals surface area contributed by atoms with Crippen LogP contribution in [0.15, 0.2) is 17.1 Å². The monoisotopic (exact) mass is 327 g/mol. The van der Waals surface area contributed by atoms with Crippen LogP contribution >= 0.6 is 11.6 Å². The summed E-state index contributed by atoms with van der Waals surface area (Å²) in [5.41, 5.74) is -0.740. The van der Waals surface area contributed by atoms with Gasteiger partial charge in [0, 0.05) is 31.2 Å². The third-order valence-electron chi connectivity index (χ3n) is 4.03. The highest BCUT2D eigenvalue weighted by atomic mass is 35.5. The molecule has 1 aliphatic rings. The molecule has 1 aliphatic heterocycles. The molecule has 1 aromatic rings. The minimum absolute atomic E-state index is 0.0147. The van der Waals surface area contributed by atoms with Crippen LogP contribution in [-0.4, -0.2) is 66.1 Å². The Bertz CT molecular complexity index is 602. The van der Waals surface area contributed by atoms with Crippen molar-refractivity contribution in [1.29, 1.82) is 0 Å². The summed E-state index contributed by atoms with van der Waals surface area (Å²) in [6, 6.07) is 1.39. The molecule has 1 aromatic heterocycles. The van der Waals surface area contributed by atoms with Crippen LogP contribution in [0.4, 0.5) is 0 Å². The van der Waals surface area contributed by atoms with Crippen molar-refractivity contribution in [3.05, 3.63) is 33.2 Å². The second-order valence-electron chi connectivity index (χ2n) is 6.29. The van der Waals surface area contributed by atoms with E-state index in [0.717, 1.165) is 12.8 Å². The van der Waals surface area contributed by atoms with Gasteiger partial charge in [-0.2, -0.15) is 0 Å². The van der Waals surface area contributed by atoms with E-state index in [1.165, 1.54) is 12.3 Å². The summed E-state index contributed by atoms with van der Waals surface area (Å²) in [5.74, 6) is -0.333. The lowest BCUT2D eigenvalue weighted by molar-refractivity contribution is 0.0137. The maximum atomic E-state index is 12.6. The molecule has 6 nitrogen and oxygen atoms in total. The van der Waals surface area contributed by atoms with E-state index in [4.69, 9.17) is 11.6 Å². The maximum Gasteiger partial charge on any atom is 0.260 e. The number of aliphatic hydroxyl groups excluding tert-OH is 1. The Kier molecular flexibility index (Phi) is 5.26. The summed E-state index contributed by atoms with van der Waals surface area (Å²) in [7, 11) is 3.89. The molecule has 1 amide bonds. The molecule has 122 valence electrons. The van der Waals surface area contributed by atoms with E-state index >= 15 is 0 Å². The number of halogens is 1. The number of likely N-dealkylation sites (tertiary alicyclic amines) is 1. The van der Waals surface area contributed by atoms with Gasteiger partial charge in [-0.3, -0.25) is 9.59 Å². The molecular weight excluding hydrogens is 306 g/mol. The Morgan fingerprint density at radius 1 is 1.55 bits per heavy atom. The summed E-state index contributed by atoms with van der Waals surface area (Å²) in [4.78, 5) is 30.6. The van der Waals surface area contributed by atoms with E-state index < -0.39 is 5.56 Å². The Morgan fingerprint density at radius 2 is 2.27 bits per heavy atom. The Labute approximate surface area is 134 Å². The lowest BCUT2D eigenvalue weighted by atomic mass is 9.80. The van der Waals surface area contributed by atoms with Gasteiger partial charge in [-0.05, 0) is 33.0 Å². The predicted molar refractivity (Wildman–Crippen MR) is 85.3 cm³/mol. The third-order valence-corrected chi connectivity index (χ3v) is 4.25. The van der Waals surface area contributed by atoms with Crippen LogP contribution in [0.3, 0.4) is 0 Å². The smallest absolute Gasteiger partial charge is 0.260 e. The molecule has 7 heteroatoms. The van der Waals surface area contributed by atoms with Gasteiger partial charge in [0.05, 0.1) is 11.6 Å². The van der Waals surface area contributed by atoms with Gasteiger partial charge in [-0.25, -0.2) is 0 Å². The van der Waals surface area contributed by atoms with Crippen molar-refractivity contribution < 1.29 is 9.90 Å². The topological polar surface area (TPSA) is 76.6 Å². The van der Waals surface area contributed by atoms with Gasteiger partial charge in [0.1, 0.15) is 5.56 Å². The SMILES string of the molecule is CN(C)C[C@]1(CO)CCCN(C(=O)c2cc(Cl)c[nH]c2=O)C1. The highest BCUT2D eigenvalue weighted by molar-refractivity contribution is 6.30. The van der Waals surface area contributed by atoms with Crippen LogP contribution in [0.1, 0.15) is 23.2 Å². The average molecular weight is 328 g/mol. The molecule has 0 unspecified atom stereocenters. The third kappa shape index (κ3) is 3.69. The number of nitrogens with one attached hydrogen (secondary N) is 1. The van der Waals surface area contributed by atoms with Gasteiger partial charge in [-0.1, -0.05) is 11.6 Å². The number of H-pyrrole nitrogens is 1. The highest BCUT2D eigenvalue weighted by Gasteiger charge is 2.37. The Hall–Kier alpha value is -1.37. The normalized spacial score (nSPS) is 22.1. The second-order valence-corrected chi connectivity index (χ2v) is 6.72. The van der Waals surface area contributed by atoms with Crippen molar-refractivity contribution in [2.45, 2.75) is 12.8 Å². The quantitative estimate of drug-likeness (QED) is 0.858. The fourth-order valence-corrected chi connectivity index (χ4v) is 3.31. The number of aliphatic hydroxyl groups is 1. The summed E-state index contributed by atoms with van der Waals surface area (Å²) >= 11 is 5.86. The molecule has 22 heavy (non-hydrogen) atoms. The lowest BCUT2D eigenvalue weighted by Crippen LogP contribution is -2.52. The molecule has 0 bridgehead atoms. The molecule has 1 atom stereocenters. The van der Waals surface area contributed by atoms with Crippen LogP contribution in [0, 0.1) is 5.41 Å². The molecule has 0 saturated carbocycles. The number of carbonyl (C=O) groups excluding carboxylic acids is 1. The van der Waals surface area contributed by atoms with E-state index in [1.807, 2.05) is 19.0 Å². The number of carbonyl (C=O) groups is 1. The maximum absolute atomic E-state index is 12.6. The Morgan fingerprint density at radius 3 is 2.91 bits per heavy atom. The van der Waals surface area contributed by atoms with Crippen molar-refractivity contribution in [3.63, 3.8) is 0 Å². The number of piperidine rings is 1. The van der Waals surface area contributed by atoms with Gasteiger partial charge in [0.25, 0.3) is 11.5 Å². The van der Waals surface area contributed by atoms with Crippen LogP contribution in [0.5, 0.6) is 0 Å². The zero-order valence-electron chi connectivity index (χ0n) is 12.9. The van der Waals surface area contributed by atoms with E-state index in [2.05, 4.69) is 4.98 Å². The summed E-state index contributed by atoms with van der Waals surface area (Å²) < 4.78 is 0. The number of amides is 1. The first-order valence-electron chi connectivity index (χ1n) is 7.30. The summed E-state index contributed by atoms with van der Waals surface area (Å²) in [6.07, 6.45) is 3.02. The summed E-state index contributed by atoms with van der Waals surface area (Å²) in [6.45, 7) is 1.73. The van der Waals surface area contributed by atoms with E-state index in [-0.39, 0.29) is 23.5 Å². The molecule has 0 aliphatic carbocycles. The second kappa shape index (κ2) is 6.81. The van der Waals surface area contributed by atoms with Crippen LogP contribution < -0.4 is 5.56 Å². The molecule has 2 N–H and O–H groups in total. The predicted octanol–water partition coefficient (Wildman–Crippen LogP) is 0.805. The number of aromatic nitrogens is 1. The van der Waals surface area contributed by atoms with Crippen molar-refractivity contribution in [2.75, 3.05) is 40.3 Å². The molecule has 0 radical (unpaired) electrons. The van der Waals surface area contributed by atoms with Crippen LogP contribution in [0.2, 0.25) is 5.02 Å². The molecule has 1 saturated heterocycles. The molecule has 0 aromatic carbocycles. The minimum atomic E-state index is -0.442. The first-order valence-corrected chi connectivity index (χ1v) is 7.68. The molecule has 2 heterocycles. The number of pyridine rings is 1. The standard InChI is InChI=1S/C15H22ClN3O3/c1-18(2)8-15(10-20)4-3-5-19(9-15)14(22)12-6-11(16)7-17-13(12)21/h6-7,20H,3-5,8-10H2,1-2H3,(H,17,21)/t15-/m1/s1.